The zero-order valence-corrected chi connectivity index (χ0v) is 16.7. The number of benzene rings is 2. The Morgan fingerprint density at radius 2 is 1.77 bits per heavy atom. The molecular weight excluding hydrogens is 348 g/mol. The quantitative estimate of drug-likeness (QED) is 0.768. The summed E-state index contributed by atoms with van der Waals surface area (Å²) in [4.78, 5) is 14.5. The third-order valence-corrected chi connectivity index (χ3v) is 5.91. The molecule has 0 aromatic heterocycles. The molecule has 0 saturated carbocycles. The largest absolute Gasteiger partial charge is 0.344 e. The highest BCUT2D eigenvalue weighted by Gasteiger charge is 2.30. The van der Waals surface area contributed by atoms with Gasteiger partial charge in [0.2, 0.25) is 15.9 Å². The van der Waals surface area contributed by atoms with Crippen molar-refractivity contribution in [2.24, 2.45) is 5.92 Å². The van der Waals surface area contributed by atoms with E-state index in [-0.39, 0.29) is 16.7 Å². The molecule has 6 heteroatoms. The molecule has 2 aromatic rings. The highest BCUT2D eigenvalue weighted by atomic mass is 32.2. The lowest BCUT2D eigenvalue weighted by molar-refractivity contribution is -0.132. The molecule has 1 amide bonds. The molecule has 0 aliphatic carbocycles. The maximum atomic E-state index is 12.8. The van der Waals surface area contributed by atoms with Gasteiger partial charge in [-0.25, -0.2) is 8.42 Å². The number of sulfonamides is 1. The maximum absolute atomic E-state index is 12.8. The van der Waals surface area contributed by atoms with E-state index in [4.69, 9.17) is 0 Å². The zero-order valence-electron chi connectivity index (χ0n) is 15.9. The summed E-state index contributed by atoms with van der Waals surface area (Å²) in [5.41, 5.74) is 0. The van der Waals surface area contributed by atoms with Gasteiger partial charge in [0.25, 0.3) is 0 Å². The van der Waals surface area contributed by atoms with Crippen molar-refractivity contribution < 1.29 is 13.2 Å². The van der Waals surface area contributed by atoms with E-state index < -0.39 is 16.1 Å². The summed E-state index contributed by atoms with van der Waals surface area (Å²) >= 11 is 0. The molecule has 1 N–H and O–H groups in total. The SMILES string of the molecule is CCCCN(C)C(=O)[C@H](NS(=O)(=O)c1ccc2ccccc2c1)C(C)C. The highest BCUT2D eigenvalue weighted by molar-refractivity contribution is 7.89. The second-order valence-corrected chi connectivity index (χ2v) is 8.68. The van der Waals surface area contributed by atoms with Gasteiger partial charge in [0.15, 0.2) is 0 Å². The van der Waals surface area contributed by atoms with Gasteiger partial charge in [-0.3, -0.25) is 4.79 Å². The first-order valence-electron chi connectivity index (χ1n) is 9.02. The Balaban J connectivity index is 2.26. The molecule has 5 nitrogen and oxygen atoms in total. The lowest BCUT2D eigenvalue weighted by atomic mass is 10.0. The predicted molar refractivity (Wildman–Crippen MR) is 105 cm³/mol. The number of hydrogen-bond acceptors (Lipinski definition) is 3. The van der Waals surface area contributed by atoms with E-state index in [1.54, 1.807) is 30.1 Å². The molecule has 0 radical (unpaired) electrons. The van der Waals surface area contributed by atoms with Crippen molar-refractivity contribution in [3.8, 4) is 0 Å². The highest BCUT2D eigenvalue weighted by Crippen LogP contribution is 2.20. The molecule has 142 valence electrons. The first-order valence-corrected chi connectivity index (χ1v) is 10.5. The van der Waals surface area contributed by atoms with Crippen molar-refractivity contribution in [2.75, 3.05) is 13.6 Å². The van der Waals surface area contributed by atoms with Gasteiger partial charge in [-0.05, 0) is 35.2 Å². The summed E-state index contributed by atoms with van der Waals surface area (Å²) in [6.07, 6.45) is 1.87. The number of fused-ring (bicyclic) bond motifs is 1. The maximum Gasteiger partial charge on any atom is 0.241 e. The van der Waals surface area contributed by atoms with Crippen LogP contribution >= 0.6 is 0 Å². The Kier molecular flexibility index (Phi) is 6.78. The van der Waals surface area contributed by atoms with E-state index in [0.717, 1.165) is 23.6 Å². The van der Waals surface area contributed by atoms with Crippen molar-refractivity contribution >= 4 is 26.7 Å². The molecule has 0 heterocycles. The van der Waals surface area contributed by atoms with Crippen LogP contribution in [0.15, 0.2) is 47.4 Å². The Hall–Kier alpha value is -1.92. The van der Waals surface area contributed by atoms with Crippen LogP contribution in [0, 0.1) is 5.92 Å². The number of unbranched alkanes of at least 4 members (excludes halogenated alkanes) is 1. The van der Waals surface area contributed by atoms with E-state index in [0.29, 0.717) is 6.54 Å². The average molecular weight is 377 g/mol. The summed E-state index contributed by atoms with van der Waals surface area (Å²) < 4.78 is 28.3. The van der Waals surface area contributed by atoms with Crippen LogP contribution in [0.2, 0.25) is 0 Å². The Bertz CT molecular complexity index is 862. The fourth-order valence-electron chi connectivity index (χ4n) is 2.78. The third-order valence-electron chi connectivity index (χ3n) is 4.47. The third kappa shape index (κ3) is 4.83. The Labute approximate surface area is 156 Å². The van der Waals surface area contributed by atoms with Gasteiger partial charge in [0, 0.05) is 13.6 Å². The molecule has 0 spiro atoms. The van der Waals surface area contributed by atoms with Gasteiger partial charge in [-0.15, -0.1) is 0 Å². The van der Waals surface area contributed by atoms with Crippen molar-refractivity contribution in [3.63, 3.8) is 0 Å². The van der Waals surface area contributed by atoms with Crippen molar-refractivity contribution in [2.45, 2.75) is 44.6 Å². The number of carbonyl (C=O) groups is 1. The van der Waals surface area contributed by atoms with E-state index in [1.165, 1.54) is 0 Å². The second-order valence-electron chi connectivity index (χ2n) is 6.97. The summed E-state index contributed by atoms with van der Waals surface area (Å²) in [5, 5.41) is 1.82. The molecule has 1 atom stereocenters. The van der Waals surface area contributed by atoms with E-state index >= 15 is 0 Å². The van der Waals surface area contributed by atoms with Crippen LogP contribution in [0.3, 0.4) is 0 Å². The van der Waals surface area contributed by atoms with Crippen LogP contribution in [0.4, 0.5) is 0 Å². The lowest BCUT2D eigenvalue weighted by Crippen LogP contribution is -2.50. The zero-order chi connectivity index (χ0) is 19.3. The van der Waals surface area contributed by atoms with Crippen LogP contribution < -0.4 is 4.72 Å². The van der Waals surface area contributed by atoms with Gasteiger partial charge in [0.05, 0.1) is 4.90 Å². The second kappa shape index (κ2) is 8.64. The molecule has 2 rings (SSSR count). The molecule has 0 saturated heterocycles. The molecule has 0 aliphatic rings. The van der Waals surface area contributed by atoms with Crippen LogP contribution in [0.25, 0.3) is 10.8 Å². The molecule has 0 fully saturated rings. The number of nitrogens with one attached hydrogen (secondary N) is 1. The molecule has 0 unspecified atom stereocenters. The van der Waals surface area contributed by atoms with Crippen LogP contribution in [-0.4, -0.2) is 38.9 Å². The summed E-state index contributed by atoms with van der Waals surface area (Å²) in [7, 11) is -2.07. The molecule has 0 aliphatic heterocycles. The average Bonchev–Trinajstić information content (AvgIpc) is 2.63. The predicted octanol–water partition coefficient (Wildman–Crippen LogP) is 3.40. The number of nitrogens with zero attached hydrogens (tertiary/aromatic N) is 1. The van der Waals surface area contributed by atoms with E-state index in [9.17, 15) is 13.2 Å². The number of amides is 1. The van der Waals surface area contributed by atoms with Gasteiger partial charge in [-0.2, -0.15) is 4.72 Å². The molecular formula is C20H28N2O3S. The standard InChI is InChI=1S/C20H28N2O3S/c1-5-6-13-22(4)20(23)19(15(2)3)21-26(24,25)18-12-11-16-9-7-8-10-17(16)14-18/h7-12,14-15,19,21H,5-6,13H2,1-4H3/t19-/m1/s1. The molecule has 2 aromatic carbocycles. The number of rotatable bonds is 8. The Morgan fingerprint density at radius 1 is 1.12 bits per heavy atom. The van der Waals surface area contributed by atoms with Crippen LogP contribution in [0.1, 0.15) is 33.6 Å². The normalized spacial score (nSPS) is 13.1. The van der Waals surface area contributed by atoms with Gasteiger partial charge in [-0.1, -0.05) is 57.5 Å². The first-order chi connectivity index (χ1) is 12.3. The van der Waals surface area contributed by atoms with Crippen molar-refractivity contribution in [1.82, 2.24) is 9.62 Å². The fraction of sp³-hybridized carbons (Fsp3) is 0.450. The number of carbonyl (C=O) groups excluding carboxylic acids is 1. The number of likely N-dealkylation sites (N-methyl/N-ethyl adjacent to an activating group) is 1. The first kappa shape index (κ1) is 20.4. The monoisotopic (exact) mass is 376 g/mol. The fourth-order valence-corrected chi connectivity index (χ4v) is 4.16. The summed E-state index contributed by atoms with van der Waals surface area (Å²) in [6, 6.07) is 11.8. The van der Waals surface area contributed by atoms with Crippen molar-refractivity contribution in [1.29, 1.82) is 0 Å². The minimum absolute atomic E-state index is 0.151. The lowest BCUT2D eigenvalue weighted by Gasteiger charge is -2.27. The van der Waals surface area contributed by atoms with Gasteiger partial charge < -0.3 is 4.90 Å². The topological polar surface area (TPSA) is 66.5 Å². The Morgan fingerprint density at radius 3 is 2.38 bits per heavy atom. The molecule has 26 heavy (non-hydrogen) atoms. The minimum Gasteiger partial charge on any atom is -0.344 e. The van der Waals surface area contributed by atoms with Crippen molar-refractivity contribution in [3.05, 3.63) is 42.5 Å². The summed E-state index contributed by atoms with van der Waals surface area (Å²) in [5.74, 6) is -0.348. The van der Waals surface area contributed by atoms with Gasteiger partial charge >= 0.3 is 0 Å². The van der Waals surface area contributed by atoms with Crippen LogP contribution in [-0.2, 0) is 14.8 Å². The van der Waals surface area contributed by atoms with Crippen LogP contribution in [0.5, 0.6) is 0 Å². The van der Waals surface area contributed by atoms with E-state index in [2.05, 4.69) is 11.6 Å². The number of hydrogen-bond donors (Lipinski definition) is 1. The smallest absolute Gasteiger partial charge is 0.241 e. The minimum atomic E-state index is -3.79. The summed E-state index contributed by atoms with van der Waals surface area (Å²) in [6.45, 7) is 6.37. The van der Waals surface area contributed by atoms with E-state index in [1.807, 2.05) is 38.1 Å². The molecule has 0 bridgehead atoms. The van der Waals surface area contributed by atoms with Gasteiger partial charge in [0.1, 0.15) is 6.04 Å².